The third-order valence-electron chi connectivity index (χ3n) is 2.77. The Morgan fingerprint density at radius 1 is 1.00 bits per heavy atom. The number of aromatic nitrogens is 3. The van der Waals surface area contributed by atoms with Crippen LogP contribution < -0.4 is 4.74 Å². The Balaban J connectivity index is 1.90. The summed E-state index contributed by atoms with van der Waals surface area (Å²) in [6.45, 7) is 1.91. The van der Waals surface area contributed by atoms with Crippen LogP contribution in [-0.4, -0.2) is 15.0 Å². The molecule has 0 aliphatic carbocycles. The van der Waals surface area contributed by atoms with Gasteiger partial charge in [0.1, 0.15) is 11.4 Å². The molecule has 0 aliphatic rings. The van der Waals surface area contributed by atoms with E-state index in [0.29, 0.717) is 28.2 Å². The Morgan fingerprint density at radius 2 is 1.86 bits per heavy atom. The quantitative estimate of drug-likeness (QED) is 0.723. The van der Waals surface area contributed by atoms with Crippen molar-refractivity contribution in [3.8, 4) is 23.1 Å². The van der Waals surface area contributed by atoms with Gasteiger partial charge in [-0.25, -0.2) is 15.0 Å². The predicted octanol–water partition coefficient (Wildman–Crippen LogP) is 4.29. The van der Waals surface area contributed by atoms with E-state index >= 15 is 0 Å². The van der Waals surface area contributed by atoms with Gasteiger partial charge in [0.05, 0.1) is 0 Å². The fourth-order valence-electron chi connectivity index (χ4n) is 1.82. The fraction of sp³-hybridized carbons (Fsp3) is 0.0625. The van der Waals surface area contributed by atoms with Crippen molar-refractivity contribution in [1.82, 2.24) is 15.0 Å². The molecule has 0 atom stereocenters. The molecule has 0 N–H and O–H groups in total. The number of hydrogen-bond donors (Lipinski definition) is 0. The molecule has 2 heterocycles. The van der Waals surface area contributed by atoms with Crippen molar-refractivity contribution in [2.24, 2.45) is 0 Å². The molecule has 0 spiro atoms. The standard InChI is InChI=1S/C16H12ClN3O/c1-11-8-9-18-16(19-11)14-6-3-7-15(20-14)21-13-5-2-4-12(17)10-13/h2-10H,1H3. The van der Waals surface area contributed by atoms with Gasteiger partial charge in [0.2, 0.25) is 5.88 Å². The third kappa shape index (κ3) is 3.35. The molecule has 104 valence electrons. The molecular weight excluding hydrogens is 286 g/mol. The van der Waals surface area contributed by atoms with Gasteiger partial charge in [0.25, 0.3) is 0 Å². The number of rotatable bonds is 3. The topological polar surface area (TPSA) is 47.9 Å². The van der Waals surface area contributed by atoms with Gasteiger partial charge < -0.3 is 4.74 Å². The van der Waals surface area contributed by atoms with Crippen LogP contribution in [0.15, 0.2) is 54.7 Å². The second-order valence-electron chi connectivity index (χ2n) is 4.44. The maximum atomic E-state index is 5.94. The second kappa shape index (κ2) is 5.89. The minimum absolute atomic E-state index is 0.472. The highest BCUT2D eigenvalue weighted by Gasteiger charge is 2.06. The predicted molar refractivity (Wildman–Crippen MR) is 81.5 cm³/mol. The molecule has 2 aromatic heterocycles. The van der Waals surface area contributed by atoms with Crippen LogP contribution in [0.3, 0.4) is 0 Å². The number of nitrogens with zero attached hydrogens (tertiary/aromatic N) is 3. The Morgan fingerprint density at radius 3 is 2.67 bits per heavy atom. The van der Waals surface area contributed by atoms with Crippen LogP contribution in [0.1, 0.15) is 5.69 Å². The SMILES string of the molecule is Cc1ccnc(-c2cccc(Oc3cccc(Cl)c3)n2)n1. The van der Waals surface area contributed by atoms with E-state index in [4.69, 9.17) is 16.3 Å². The molecule has 0 saturated carbocycles. The minimum atomic E-state index is 0.472. The van der Waals surface area contributed by atoms with Gasteiger partial charge in [-0.3, -0.25) is 0 Å². The summed E-state index contributed by atoms with van der Waals surface area (Å²) in [5.74, 6) is 1.68. The number of hydrogen-bond acceptors (Lipinski definition) is 4. The highest BCUT2D eigenvalue weighted by atomic mass is 35.5. The van der Waals surface area contributed by atoms with E-state index in [1.165, 1.54) is 0 Å². The van der Waals surface area contributed by atoms with Crippen molar-refractivity contribution in [2.75, 3.05) is 0 Å². The third-order valence-corrected chi connectivity index (χ3v) is 3.00. The van der Waals surface area contributed by atoms with E-state index in [0.717, 1.165) is 5.69 Å². The lowest BCUT2D eigenvalue weighted by Crippen LogP contribution is -1.95. The first-order valence-electron chi connectivity index (χ1n) is 6.41. The average Bonchev–Trinajstić information content (AvgIpc) is 2.47. The van der Waals surface area contributed by atoms with E-state index in [-0.39, 0.29) is 0 Å². The minimum Gasteiger partial charge on any atom is -0.439 e. The zero-order valence-corrected chi connectivity index (χ0v) is 12.1. The molecule has 3 rings (SSSR count). The maximum absolute atomic E-state index is 5.94. The summed E-state index contributed by atoms with van der Waals surface area (Å²) >= 11 is 5.94. The Labute approximate surface area is 127 Å². The summed E-state index contributed by atoms with van der Waals surface area (Å²) in [4.78, 5) is 13.0. The molecule has 21 heavy (non-hydrogen) atoms. The van der Waals surface area contributed by atoms with E-state index < -0.39 is 0 Å². The first-order valence-corrected chi connectivity index (χ1v) is 6.79. The van der Waals surface area contributed by atoms with Crippen molar-refractivity contribution in [3.05, 3.63) is 65.4 Å². The monoisotopic (exact) mass is 297 g/mol. The van der Waals surface area contributed by atoms with Crippen LogP contribution in [0.5, 0.6) is 11.6 Å². The Bertz CT molecular complexity index is 777. The first kappa shape index (κ1) is 13.5. The zero-order valence-electron chi connectivity index (χ0n) is 11.3. The Kier molecular flexibility index (Phi) is 3.79. The number of ether oxygens (including phenoxy) is 1. The lowest BCUT2D eigenvalue weighted by molar-refractivity contribution is 0.463. The van der Waals surface area contributed by atoms with Gasteiger partial charge in [-0.1, -0.05) is 23.7 Å². The van der Waals surface area contributed by atoms with Crippen molar-refractivity contribution in [1.29, 1.82) is 0 Å². The van der Waals surface area contributed by atoms with Crippen molar-refractivity contribution in [3.63, 3.8) is 0 Å². The van der Waals surface area contributed by atoms with Crippen LogP contribution in [0, 0.1) is 6.92 Å². The first-order chi connectivity index (χ1) is 10.2. The summed E-state index contributed by atoms with van der Waals surface area (Å²) < 4.78 is 5.70. The Hall–Kier alpha value is -2.46. The summed E-state index contributed by atoms with van der Waals surface area (Å²) in [5, 5.41) is 0.616. The smallest absolute Gasteiger partial charge is 0.219 e. The normalized spacial score (nSPS) is 10.4. The zero-order chi connectivity index (χ0) is 14.7. The van der Waals surface area contributed by atoms with Crippen LogP contribution in [0.25, 0.3) is 11.5 Å². The molecule has 5 heteroatoms. The van der Waals surface area contributed by atoms with Gasteiger partial charge in [-0.05, 0) is 37.3 Å². The molecule has 0 saturated heterocycles. The van der Waals surface area contributed by atoms with Gasteiger partial charge in [0, 0.05) is 23.0 Å². The highest BCUT2D eigenvalue weighted by Crippen LogP contribution is 2.24. The molecule has 0 amide bonds. The lowest BCUT2D eigenvalue weighted by Gasteiger charge is -2.06. The number of pyridine rings is 1. The van der Waals surface area contributed by atoms with Crippen molar-refractivity contribution in [2.45, 2.75) is 6.92 Å². The largest absolute Gasteiger partial charge is 0.439 e. The number of benzene rings is 1. The van der Waals surface area contributed by atoms with Gasteiger partial charge in [-0.2, -0.15) is 0 Å². The number of aryl methyl sites for hydroxylation is 1. The summed E-state index contributed by atoms with van der Waals surface area (Å²) in [6, 6.07) is 14.5. The van der Waals surface area contributed by atoms with E-state index in [1.54, 1.807) is 24.4 Å². The summed E-state index contributed by atoms with van der Waals surface area (Å²) in [6.07, 6.45) is 1.71. The van der Waals surface area contributed by atoms with Crippen molar-refractivity contribution >= 4 is 11.6 Å². The van der Waals surface area contributed by atoms with Gasteiger partial charge in [0.15, 0.2) is 5.82 Å². The molecule has 0 bridgehead atoms. The summed E-state index contributed by atoms with van der Waals surface area (Å²) in [5.41, 5.74) is 1.56. The lowest BCUT2D eigenvalue weighted by atomic mass is 10.3. The van der Waals surface area contributed by atoms with Gasteiger partial charge in [-0.15, -0.1) is 0 Å². The molecule has 0 aliphatic heterocycles. The summed E-state index contributed by atoms with van der Waals surface area (Å²) in [7, 11) is 0. The van der Waals surface area contributed by atoms with E-state index in [2.05, 4.69) is 15.0 Å². The van der Waals surface area contributed by atoms with Crippen LogP contribution >= 0.6 is 11.6 Å². The molecule has 1 aromatic carbocycles. The fourth-order valence-corrected chi connectivity index (χ4v) is 2.00. The van der Waals surface area contributed by atoms with Gasteiger partial charge >= 0.3 is 0 Å². The average molecular weight is 298 g/mol. The van der Waals surface area contributed by atoms with E-state index in [1.807, 2.05) is 37.3 Å². The van der Waals surface area contributed by atoms with E-state index in [9.17, 15) is 0 Å². The highest BCUT2D eigenvalue weighted by molar-refractivity contribution is 6.30. The molecule has 4 nitrogen and oxygen atoms in total. The molecule has 0 unspecified atom stereocenters. The number of halogens is 1. The van der Waals surface area contributed by atoms with Crippen LogP contribution in [0.4, 0.5) is 0 Å². The molecule has 3 aromatic rings. The maximum Gasteiger partial charge on any atom is 0.219 e. The second-order valence-corrected chi connectivity index (χ2v) is 4.88. The molecule has 0 radical (unpaired) electrons. The van der Waals surface area contributed by atoms with Crippen LogP contribution in [-0.2, 0) is 0 Å². The van der Waals surface area contributed by atoms with Crippen molar-refractivity contribution < 1.29 is 4.74 Å². The molecular formula is C16H12ClN3O. The molecule has 0 fully saturated rings. The van der Waals surface area contributed by atoms with Crippen LogP contribution in [0.2, 0.25) is 5.02 Å².